The Labute approximate surface area is 121 Å². The summed E-state index contributed by atoms with van der Waals surface area (Å²) in [6.07, 6.45) is 1.71. The minimum Gasteiger partial charge on any atom is -0.496 e. The minimum atomic E-state index is -0.451. The van der Waals surface area contributed by atoms with Gasteiger partial charge in [-0.3, -0.25) is 4.90 Å². The molecule has 1 N–H and O–H groups in total. The van der Waals surface area contributed by atoms with Gasteiger partial charge in [0, 0.05) is 31.4 Å². The Bertz CT molecular complexity index is 428. The minimum absolute atomic E-state index is 0.451. The molecule has 4 heteroatoms. The van der Waals surface area contributed by atoms with Gasteiger partial charge in [-0.05, 0) is 44.5 Å². The van der Waals surface area contributed by atoms with Gasteiger partial charge >= 0.3 is 0 Å². The quantitative estimate of drug-likeness (QED) is 0.898. The maximum Gasteiger partial charge on any atom is 0.123 e. The van der Waals surface area contributed by atoms with Gasteiger partial charge in [0.05, 0.1) is 13.2 Å². The number of hydrogen-bond donors (Lipinski definition) is 1. The zero-order valence-electron chi connectivity index (χ0n) is 12.6. The molecule has 0 bridgehead atoms. The number of aliphatic hydroxyl groups is 1. The molecule has 1 aromatic rings. The van der Waals surface area contributed by atoms with Gasteiger partial charge in [-0.1, -0.05) is 6.07 Å². The Balaban J connectivity index is 2.11. The van der Waals surface area contributed by atoms with Crippen molar-refractivity contribution in [2.24, 2.45) is 0 Å². The standard InChI is InChI=1S/C16H25NO3/c1-12(18)13-4-5-16(19-3)14(10-13)11-17(2)15-6-8-20-9-7-15/h4-5,10,12,15,18H,6-9,11H2,1-3H3. The summed E-state index contributed by atoms with van der Waals surface area (Å²) in [5, 5.41) is 9.72. The topological polar surface area (TPSA) is 41.9 Å². The van der Waals surface area contributed by atoms with Crippen LogP contribution in [0.3, 0.4) is 0 Å². The largest absolute Gasteiger partial charge is 0.496 e. The molecule has 4 nitrogen and oxygen atoms in total. The fourth-order valence-corrected chi connectivity index (χ4v) is 2.71. The van der Waals surface area contributed by atoms with E-state index in [4.69, 9.17) is 9.47 Å². The van der Waals surface area contributed by atoms with Crippen LogP contribution in [-0.2, 0) is 11.3 Å². The number of nitrogens with zero attached hydrogens (tertiary/aromatic N) is 1. The third kappa shape index (κ3) is 3.72. The van der Waals surface area contributed by atoms with Gasteiger partial charge in [0.2, 0.25) is 0 Å². The molecule has 0 aliphatic carbocycles. The van der Waals surface area contributed by atoms with Crippen LogP contribution in [0.2, 0.25) is 0 Å². The van der Waals surface area contributed by atoms with Gasteiger partial charge in [0.1, 0.15) is 5.75 Å². The molecule has 2 rings (SSSR count). The Hall–Kier alpha value is -1.10. The fraction of sp³-hybridized carbons (Fsp3) is 0.625. The first-order valence-electron chi connectivity index (χ1n) is 7.24. The van der Waals surface area contributed by atoms with E-state index in [-0.39, 0.29) is 0 Å². The highest BCUT2D eigenvalue weighted by Gasteiger charge is 2.19. The molecular formula is C16H25NO3. The molecule has 1 saturated heterocycles. The van der Waals surface area contributed by atoms with Crippen molar-refractivity contribution in [2.45, 2.75) is 38.5 Å². The Morgan fingerprint density at radius 2 is 2.10 bits per heavy atom. The summed E-state index contributed by atoms with van der Waals surface area (Å²) in [4.78, 5) is 2.35. The molecule has 20 heavy (non-hydrogen) atoms. The van der Waals surface area contributed by atoms with Crippen LogP contribution in [0.25, 0.3) is 0 Å². The normalized spacial score (nSPS) is 18.2. The van der Waals surface area contributed by atoms with Gasteiger partial charge < -0.3 is 14.6 Å². The summed E-state index contributed by atoms with van der Waals surface area (Å²) < 4.78 is 10.8. The molecule has 1 unspecified atom stereocenters. The molecule has 0 saturated carbocycles. The van der Waals surface area contributed by atoms with Crippen LogP contribution in [0.5, 0.6) is 5.75 Å². The Morgan fingerprint density at radius 3 is 2.70 bits per heavy atom. The monoisotopic (exact) mass is 279 g/mol. The summed E-state index contributed by atoms with van der Waals surface area (Å²) in [6.45, 7) is 4.31. The number of benzene rings is 1. The maximum atomic E-state index is 9.72. The molecule has 1 aliphatic heterocycles. The molecule has 1 aromatic carbocycles. The first kappa shape index (κ1) is 15.3. The van der Waals surface area contributed by atoms with Gasteiger partial charge in [-0.15, -0.1) is 0 Å². The van der Waals surface area contributed by atoms with E-state index in [1.54, 1.807) is 14.0 Å². The SMILES string of the molecule is COc1ccc(C(C)O)cc1CN(C)C1CCOCC1. The molecule has 0 radical (unpaired) electrons. The highest BCUT2D eigenvalue weighted by atomic mass is 16.5. The maximum absolute atomic E-state index is 9.72. The van der Waals surface area contributed by atoms with Crippen molar-refractivity contribution < 1.29 is 14.6 Å². The highest BCUT2D eigenvalue weighted by Crippen LogP contribution is 2.26. The summed E-state index contributed by atoms with van der Waals surface area (Å²) >= 11 is 0. The third-order valence-electron chi connectivity index (χ3n) is 4.02. The van der Waals surface area contributed by atoms with Crippen LogP contribution in [0.4, 0.5) is 0 Å². The molecule has 1 heterocycles. The zero-order valence-corrected chi connectivity index (χ0v) is 12.6. The van der Waals surface area contributed by atoms with E-state index >= 15 is 0 Å². The average molecular weight is 279 g/mol. The van der Waals surface area contributed by atoms with Crippen molar-refractivity contribution in [3.05, 3.63) is 29.3 Å². The molecular weight excluding hydrogens is 254 g/mol. The molecule has 1 atom stereocenters. The van der Waals surface area contributed by atoms with Crippen molar-refractivity contribution in [1.82, 2.24) is 4.90 Å². The molecule has 0 aromatic heterocycles. The lowest BCUT2D eigenvalue weighted by atomic mass is 10.0. The van der Waals surface area contributed by atoms with Crippen LogP contribution in [0, 0.1) is 0 Å². The Kier molecular flexibility index (Phi) is 5.40. The van der Waals surface area contributed by atoms with E-state index in [2.05, 4.69) is 11.9 Å². The summed E-state index contributed by atoms with van der Waals surface area (Å²) in [6, 6.07) is 6.46. The first-order valence-corrected chi connectivity index (χ1v) is 7.24. The average Bonchev–Trinajstić information content (AvgIpc) is 2.48. The van der Waals surface area contributed by atoms with Gasteiger partial charge in [-0.2, -0.15) is 0 Å². The summed E-state index contributed by atoms with van der Waals surface area (Å²) in [7, 11) is 3.83. The van der Waals surface area contributed by atoms with Crippen molar-refractivity contribution >= 4 is 0 Å². The van der Waals surface area contributed by atoms with E-state index in [1.807, 2.05) is 18.2 Å². The predicted molar refractivity (Wildman–Crippen MR) is 78.9 cm³/mol. The van der Waals surface area contributed by atoms with Gasteiger partial charge in [0.15, 0.2) is 0 Å². The molecule has 0 amide bonds. The first-order chi connectivity index (χ1) is 9.61. The van der Waals surface area contributed by atoms with Crippen molar-refractivity contribution in [2.75, 3.05) is 27.4 Å². The summed E-state index contributed by atoms with van der Waals surface area (Å²) in [5.41, 5.74) is 2.06. The second-order valence-electron chi connectivity index (χ2n) is 5.51. The molecule has 0 spiro atoms. The number of rotatable bonds is 5. The van der Waals surface area contributed by atoms with Gasteiger partial charge in [-0.25, -0.2) is 0 Å². The van der Waals surface area contributed by atoms with Crippen molar-refractivity contribution in [3.8, 4) is 5.75 Å². The van der Waals surface area contributed by atoms with Crippen LogP contribution in [-0.4, -0.2) is 43.4 Å². The third-order valence-corrected chi connectivity index (χ3v) is 4.02. The lowest BCUT2D eigenvalue weighted by Crippen LogP contribution is -2.36. The van der Waals surface area contributed by atoms with Crippen molar-refractivity contribution in [3.63, 3.8) is 0 Å². The van der Waals surface area contributed by atoms with E-state index in [0.29, 0.717) is 6.04 Å². The number of aliphatic hydroxyl groups excluding tert-OH is 1. The highest BCUT2D eigenvalue weighted by molar-refractivity contribution is 5.38. The molecule has 112 valence electrons. The van der Waals surface area contributed by atoms with Crippen LogP contribution < -0.4 is 4.74 Å². The predicted octanol–water partition coefficient (Wildman–Crippen LogP) is 2.36. The lowest BCUT2D eigenvalue weighted by Gasteiger charge is -2.31. The number of hydrogen-bond acceptors (Lipinski definition) is 4. The van der Waals surface area contributed by atoms with Crippen LogP contribution in [0.15, 0.2) is 18.2 Å². The van der Waals surface area contributed by atoms with Crippen molar-refractivity contribution in [1.29, 1.82) is 0 Å². The lowest BCUT2D eigenvalue weighted by molar-refractivity contribution is 0.0405. The number of methoxy groups -OCH3 is 1. The smallest absolute Gasteiger partial charge is 0.123 e. The van der Waals surface area contributed by atoms with E-state index in [0.717, 1.165) is 49.5 Å². The van der Waals surface area contributed by atoms with E-state index < -0.39 is 6.10 Å². The molecule has 1 fully saturated rings. The van der Waals surface area contributed by atoms with Crippen LogP contribution in [0.1, 0.15) is 37.0 Å². The number of ether oxygens (including phenoxy) is 2. The Morgan fingerprint density at radius 1 is 1.40 bits per heavy atom. The fourth-order valence-electron chi connectivity index (χ4n) is 2.71. The van der Waals surface area contributed by atoms with Crippen LogP contribution >= 0.6 is 0 Å². The second-order valence-corrected chi connectivity index (χ2v) is 5.51. The molecule has 1 aliphatic rings. The van der Waals surface area contributed by atoms with Gasteiger partial charge in [0.25, 0.3) is 0 Å². The second kappa shape index (κ2) is 7.07. The summed E-state index contributed by atoms with van der Waals surface area (Å²) in [5.74, 6) is 0.883. The van der Waals surface area contributed by atoms with E-state index in [9.17, 15) is 5.11 Å². The van der Waals surface area contributed by atoms with E-state index in [1.165, 1.54) is 0 Å². The zero-order chi connectivity index (χ0) is 14.5.